The van der Waals surface area contributed by atoms with Gasteiger partial charge in [-0.15, -0.1) is 0 Å². The van der Waals surface area contributed by atoms with E-state index in [0.717, 1.165) is 17.0 Å². The Hall–Kier alpha value is -2.74. The molecule has 160 valence electrons. The minimum atomic E-state index is -0.443. The highest BCUT2D eigenvalue weighted by molar-refractivity contribution is 6.42. The van der Waals surface area contributed by atoms with Crippen molar-refractivity contribution >= 4 is 46.5 Å². The number of benzene rings is 1. The summed E-state index contributed by atoms with van der Waals surface area (Å²) in [5.74, 6) is 0.573. The van der Waals surface area contributed by atoms with Crippen molar-refractivity contribution in [2.24, 2.45) is 0 Å². The van der Waals surface area contributed by atoms with Crippen LogP contribution in [0.4, 0.5) is 5.82 Å². The molecule has 3 heterocycles. The van der Waals surface area contributed by atoms with E-state index in [2.05, 4.69) is 15.5 Å². The highest BCUT2D eigenvalue weighted by atomic mass is 35.5. The molecule has 0 aliphatic carbocycles. The highest BCUT2D eigenvalue weighted by Crippen LogP contribution is 2.25. The maximum Gasteiger partial charge on any atom is 0.292 e. The van der Waals surface area contributed by atoms with E-state index < -0.39 is 5.91 Å². The van der Waals surface area contributed by atoms with Crippen LogP contribution in [0.25, 0.3) is 0 Å². The Kier molecular flexibility index (Phi) is 6.09. The van der Waals surface area contributed by atoms with Crippen LogP contribution in [0.15, 0.2) is 47.0 Å². The molecule has 0 saturated carbocycles. The van der Waals surface area contributed by atoms with Gasteiger partial charge < -0.3 is 9.73 Å². The van der Waals surface area contributed by atoms with Crippen LogP contribution >= 0.6 is 34.8 Å². The minimum Gasteiger partial charge on any atom is -0.454 e. The molecule has 0 saturated heterocycles. The summed E-state index contributed by atoms with van der Waals surface area (Å²) in [6.45, 7) is 4.74. The van der Waals surface area contributed by atoms with Crippen LogP contribution in [0.1, 0.15) is 33.3 Å². The van der Waals surface area contributed by atoms with Gasteiger partial charge in [0, 0.05) is 11.9 Å². The van der Waals surface area contributed by atoms with Crippen molar-refractivity contribution in [3.8, 4) is 0 Å². The van der Waals surface area contributed by atoms with Gasteiger partial charge in [-0.2, -0.15) is 10.2 Å². The fraction of sp³-hybridized carbons (Fsp3) is 0.190. The van der Waals surface area contributed by atoms with Gasteiger partial charge in [-0.05, 0) is 49.7 Å². The van der Waals surface area contributed by atoms with Crippen LogP contribution in [0.3, 0.4) is 0 Å². The fourth-order valence-electron chi connectivity index (χ4n) is 3.12. The van der Waals surface area contributed by atoms with E-state index in [1.165, 1.54) is 0 Å². The van der Waals surface area contributed by atoms with E-state index in [0.29, 0.717) is 33.9 Å². The number of nitrogens with zero attached hydrogens (tertiary/aromatic N) is 4. The van der Waals surface area contributed by atoms with Gasteiger partial charge in [0.2, 0.25) is 0 Å². The number of nitrogens with one attached hydrogen (secondary N) is 1. The summed E-state index contributed by atoms with van der Waals surface area (Å²) in [4.78, 5) is 12.6. The lowest BCUT2D eigenvalue weighted by Gasteiger charge is -2.04. The van der Waals surface area contributed by atoms with Crippen LogP contribution in [0.2, 0.25) is 15.1 Å². The van der Waals surface area contributed by atoms with Crippen LogP contribution in [0, 0.1) is 13.8 Å². The quantitative estimate of drug-likeness (QED) is 0.391. The maximum absolute atomic E-state index is 12.6. The molecule has 0 unspecified atom stereocenters. The molecule has 0 aliphatic heterocycles. The maximum atomic E-state index is 12.6. The molecule has 0 aliphatic rings. The third-order valence-corrected chi connectivity index (χ3v) is 5.59. The van der Waals surface area contributed by atoms with Crippen LogP contribution in [-0.4, -0.2) is 25.5 Å². The SMILES string of the molecule is Cc1cc(C)n(Cc2ccc(C(=O)Nc3nn(Cc4ccc(Cl)c(Cl)c4)cc3Cl)o2)n1. The number of carbonyl (C=O) groups is 1. The normalized spacial score (nSPS) is 11.1. The van der Waals surface area contributed by atoms with Gasteiger partial charge in [0.25, 0.3) is 5.91 Å². The zero-order valence-corrected chi connectivity index (χ0v) is 19.0. The summed E-state index contributed by atoms with van der Waals surface area (Å²) in [5, 5.41) is 12.7. The van der Waals surface area contributed by atoms with Crippen molar-refractivity contribution in [2.75, 3.05) is 5.32 Å². The van der Waals surface area contributed by atoms with E-state index in [1.54, 1.807) is 35.1 Å². The lowest BCUT2D eigenvalue weighted by molar-refractivity contribution is 0.0994. The molecule has 4 aromatic rings. The summed E-state index contributed by atoms with van der Waals surface area (Å²) in [6.07, 6.45) is 1.62. The molecule has 7 nitrogen and oxygen atoms in total. The molecule has 0 fully saturated rings. The molecule has 4 rings (SSSR count). The Morgan fingerprint density at radius 2 is 1.81 bits per heavy atom. The van der Waals surface area contributed by atoms with Gasteiger partial charge in [0.15, 0.2) is 11.6 Å². The van der Waals surface area contributed by atoms with Crippen LogP contribution in [-0.2, 0) is 13.1 Å². The van der Waals surface area contributed by atoms with Crippen LogP contribution < -0.4 is 5.32 Å². The first-order valence-electron chi connectivity index (χ1n) is 9.36. The highest BCUT2D eigenvalue weighted by Gasteiger charge is 2.16. The second-order valence-corrected chi connectivity index (χ2v) is 8.30. The standard InChI is InChI=1S/C21H18Cl3N5O2/c1-12-7-13(2)29(26-12)10-15-4-6-19(31-15)21(30)25-20-18(24)11-28(27-20)9-14-3-5-16(22)17(23)8-14/h3-8,11H,9-10H2,1-2H3,(H,25,27,30). The third-order valence-electron chi connectivity index (χ3n) is 4.57. The van der Waals surface area contributed by atoms with E-state index in [4.69, 9.17) is 39.2 Å². The molecule has 31 heavy (non-hydrogen) atoms. The molecule has 0 spiro atoms. The molecule has 0 radical (unpaired) electrons. The average molecular weight is 479 g/mol. The van der Waals surface area contributed by atoms with Crippen molar-refractivity contribution in [3.05, 3.63) is 86.1 Å². The Labute approximate surface area is 193 Å². The number of carbonyl (C=O) groups excluding carboxylic acids is 1. The van der Waals surface area contributed by atoms with E-state index >= 15 is 0 Å². The number of aryl methyl sites for hydroxylation is 2. The molecule has 10 heteroatoms. The van der Waals surface area contributed by atoms with Crippen molar-refractivity contribution in [2.45, 2.75) is 26.9 Å². The number of hydrogen-bond donors (Lipinski definition) is 1. The summed E-state index contributed by atoms with van der Waals surface area (Å²) in [5.41, 5.74) is 2.83. The van der Waals surface area contributed by atoms with Crippen molar-refractivity contribution in [3.63, 3.8) is 0 Å². The second kappa shape index (κ2) is 8.78. The van der Waals surface area contributed by atoms with Gasteiger partial charge in [0.1, 0.15) is 10.8 Å². The number of aromatic nitrogens is 4. The number of rotatable bonds is 6. The molecular weight excluding hydrogens is 461 g/mol. The number of hydrogen-bond acceptors (Lipinski definition) is 4. The number of furan rings is 1. The van der Waals surface area contributed by atoms with Gasteiger partial charge in [0.05, 0.1) is 28.8 Å². The summed E-state index contributed by atoms with van der Waals surface area (Å²) in [6, 6.07) is 10.6. The monoisotopic (exact) mass is 477 g/mol. The summed E-state index contributed by atoms with van der Waals surface area (Å²) < 4.78 is 9.10. The van der Waals surface area contributed by atoms with Crippen LogP contribution in [0.5, 0.6) is 0 Å². The van der Waals surface area contributed by atoms with Gasteiger partial charge >= 0.3 is 0 Å². The molecule has 1 N–H and O–H groups in total. The zero-order valence-electron chi connectivity index (χ0n) is 16.7. The largest absolute Gasteiger partial charge is 0.454 e. The molecule has 0 bridgehead atoms. The summed E-state index contributed by atoms with van der Waals surface area (Å²) >= 11 is 18.2. The first-order valence-corrected chi connectivity index (χ1v) is 10.5. The third kappa shape index (κ3) is 4.95. The Morgan fingerprint density at radius 3 is 2.52 bits per heavy atom. The van der Waals surface area contributed by atoms with Gasteiger partial charge in [-0.3, -0.25) is 14.2 Å². The molecule has 3 aromatic heterocycles. The minimum absolute atomic E-state index is 0.159. The van der Waals surface area contributed by atoms with Crippen molar-refractivity contribution in [1.82, 2.24) is 19.6 Å². The van der Waals surface area contributed by atoms with Crippen molar-refractivity contribution in [1.29, 1.82) is 0 Å². The second-order valence-electron chi connectivity index (χ2n) is 7.08. The van der Waals surface area contributed by atoms with Crippen molar-refractivity contribution < 1.29 is 9.21 Å². The van der Waals surface area contributed by atoms with E-state index in [1.807, 2.05) is 30.7 Å². The number of amides is 1. The predicted molar refractivity (Wildman–Crippen MR) is 120 cm³/mol. The Balaban J connectivity index is 1.43. The molecule has 1 aromatic carbocycles. The number of halogens is 3. The molecular formula is C21H18Cl3N5O2. The summed E-state index contributed by atoms with van der Waals surface area (Å²) in [7, 11) is 0. The first-order chi connectivity index (χ1) is 14.8. The lowest BCUT2D eigenvalue weighted by atomic mass is 10.2. The lowest BCUT2D eigenvalue weighted by Crippen LogP contribution is -2.12. The zero-order chi connectivity index (χ0) is 22.1. The average Bonchev–Trinajstić information content (AvgIpc) is 3.39. The molecule has 0 atom stereocenters. The number of anilines is 1. The molecule has 1 amide bonds. The smallest absolute Gasteiger partial charge is 0.292 e. The topological polar surface area (TPSA) is 77.9 Å². The van der Waals surface area contributed by atoms with Gasteiger partial charge in [-0.1, -0.05) is 40.9 Å². The van der Waals surface area contributed by atoms with E-state index in [-0.39, 0.29) is 11.6 Å². The predicted octanol–water partition coefficient (Wildman–Crippen LogP) is 5.60. The van der Waals surface area contributed by atoms with Gasteiger partial charge in [-0.25, -0.2) is 0 Å². The Bertz CT molecular complexity index is 1260. The fourth-order valence-corrected chi connectivity index (χ4v) is 3.64. The Morgan fingerprint density at radius 1 is 1.00 bits per heavy atom. The first kappa shape index (κ1) is 21.5. The van der Waals surface area contributed by atoms with E-state index in [9.17, 15) is 4.79 Å².